The summed E-state index contributed by atoms with van der Waals surface area (Å²) in [5, 5.41) is 0. The number of hydrogen-bond acceptors (Lipinski definition) is 2. The molecule has 0 saturated carbocycles. The highest BCUT2D eigenvalue weighted by Crippen LogP contribution is 2.07. The summed E-state index contributed by atoms with van der Waals surface area (Å²) in [5.41, 5.74) is 1.06. The number of carbonyl (C=O) groups excluding carboxylic acids is 2. The van der Waals surface area contributed by atoms with Crippen LogP contribution in [-0.2, 0) is 16.0 Å². The number of amides is 1. The Hall–Kier alpha value is -1.90. The Labute approximate surface area is 108 Å². The third kappa shape index (κ3) is 4.17. The lowest BCUT2D eigenvalue weighted by Gasteiger charge is -2.23. The fraction of sp³-hybridized carbons (Fsp3) is 0.333. The number of aldehydes is 1. The molecule has 3 nitrogen and oxygen atoms in total. The molecule has 0 unspecified atom stereocenters. The second-order valence-electron chi connectivity index (χ2n) is 4.17. The fourth-order valence-electron chi connectivity index (χ4n) is 1.68. The second-order valence-corrected chi connectivity index (χ2v) is 4.17. The van der Waals surface area contributed by atoms with E-state index >= 15 is 0 Å². The summed E-state index contributed by atoms with van der Waals surface area (Å²) in [4.78, 5) is 24.4. The molecule has 0 aromatic heterocycles. The average Bonchev–Trinajstić information content (AvgIpc) is 2.42. The summed E-state index contributed by atoms with van der Waals surface area (Å²) in [6.45, 7) is 1.87. The molecule has 1 rings (SSSR count). The van der Waals surface area contributed by atoms with Crippen LogP contribution in [0, 0.1) is 0 Å². The molecule has 1 amide bonds. The maximum absolute atomic E-state index is 11.8. The zero-order valence-electron chi connectivity index (χ0n) is 10.9. The third-order valence-corrected chi connectivity index (χ3v) is 2.86. The highest BCUT2D eigenvalue weighted by atomic mass is 16.2. The van der Waals surface area contributed by atoms with Crippen molar-refractivity contribution in [2.24, 2.45) is 0 Å². The Morgan fingerprint density at radius 1 is 1.33 bits per heavy atom. The van der Waals surface area contributed by atoms with Gasteiger partial charge < -0.3 is 9.69 Å². The first kappa shape index (κ1) is 14.2. The number of likely N-dealkylation sites (N-methyl/N-ethyl adjacent to an activating group) is 1. The van der Waals surface area contributed by atoms with E-state index in [1.807, 2.05) is 43.3 Å². The summed E-state index contributed by atoms with van der Waals surface area (Å²) < 4.78 is 0. The van der Waals surface area contributed by atoms with Gasteiger partial charge >= 0.3 is 0 Å². The standard InChI is InChI=1S/C15H19NO2/c1-3-4-10-15(18)16(2)14(12-17)11-13-8-6-5-7-9-13/h3-9,12,14H,10-11H2,1-2H3/b4-3+/t14-/m0/s1. The zero-order valence-corrected chi connectivity index (χ0v) is 10.9. The van der Waals surface area contributed by atoms with E-state index in [9.17, 15) is 9.59 Å². The minimum Gasteiger partial charge on any atom is -0.335 e. The molecule has 0 aliphatic rings. The molecule has 3 heteroatoms. The molecule has 1 aromatic rings. The van der Waals surface area contributed by atoms with Crippen molar-refractivity contribution in [3.63, 3.8) is 0 Å². The summed E-state index contributed by atoms with van der Waals surface area (Å²) in [6.07, 6.45) is 5.36. The van der Waals surface area contributed by atoms with E-state index in [1.54, 1.807) is 13.1 Å². The quantitative estimate of drug-likeness (QED) is 0.569. The van der Waals surface area contributed by atoms with Crippen LogP contribution >= 0.6 is 0 Å². The third-order valence-electron chi connectivity index (χ3n) is 2.86. The predicted molar refractivity (Wildman–Crippen MR) is 72.2 cm³/mol. The van der Waals surface area contributed by atoms with Gasteiger partial charge in [-0.1, -0.05) is 42.5 Å². The van der Waals surface area contributed by atoms with Crippen molar-refractivity contribution in [2.45, 2.75) is 25.8 Å². The molecule has 0 radical (unpaired) electrons. The summed E-state index contributed by atoms with van der Waals surface area (Å²) in [5.74, 6) is -0.0406. The number of hydrogen-bond donors (Lipinski definition) is 0. The minimum absolute atomic E-state index is 0.0406. The predicted octanol–water partition coefficient (Wildman–Crippen LogP) is 2.22. The Bertz CT molecular complexity index is 412. The molecule has 1 atom stereocenters. The largest absolute Gasteiger partial charge is 0.335 e. The van der Waals surface area contributed by atoms with E-state index < -0.39 is 6.04 Å². The maximum atomic E-state index is 11.8. The van der Waals surface area contributed by atoms with Gasteiger partial charge in [-0.05, 0) is 18.9 Å². The molecule has 0 spiro atoms. The number of allylic oxidation sites excluding steroid dienone is 1. The van der Waals surface area contributed by atoms with E-state index in [-0.39, 0.29) is 5.91 Å². The van der Waals surface area contributed by atoms with E-state index in [4.69, 9.17) is 0 Å². The first-order chi connectivity index (χ1) is 8.69. The SMILES string of the molecule is C/C=C/CC(=O)N(C)[C@H](C=O)Cc1ccccc1. The molecule has 0 saturated heterocycles. The molecule has 0 aliphatic heterocycles. The van der Waals surface area contributed by atoms with Gasteiger partial charge in [0.2, 0.25) is 5.91 Å². The van der Waals surface area contributed by atoms with Crippen LogP contribution in [0.2, 0.25) is 0 Å². The van der Waals surface area contributed by atoms with E-state index in [2.05, 4.69) is 0 Å². The summed E-state index contributed by atoms with van der Waals surface area (Å²) in [6, 6.07) is 9.31. The van der Waals surface area contributed by atoms with Crippen LogP contribution in [0.4, 0.5) is 0 Å². The molecule has 0 aliphatic carbocycles. The summed E-state index contributed by atoms with van der Waals surface area (Å²) in [7, 11) is 1.67. The van der Waals surface area contributed by atoms with Crippen LogP contribution in [-0.4, -0.2) is 30.2 Å². The fourth-order valence-corrected chi connectivity index (χ4v) is 1.68. The van der Waals surface area contributed by atoms with Crippen LogP contribution in [0.25, 0.3) is 0 Å². The number of carbonyl (C=O) groups is 2. The van der Waals surface area contributed by atoms with E-state index in [1.165, 1.54) is 4.90 Å². The molecule has 18 heavy (non-hydrogen) atoms. The van der Waals surface area contributed by atoms with Gasteiger partial charge in [-0.2, -0.15) is 0 Å². The summed E-state index contributed by atoms with van der Waals surface area (Å²) >= 11 is 0. The van der Waals surface area contributed by atoms with Gasteiger partial charge in [0, 0.05) is 13.5 Å². The van der Waals surface area contributed by atoms with Crippen molar-refractivity contribution < 1.29 is 9.59 Å². The Kier molecular flexibility index (Phi) is 5.85. The van der Waals surface area contributed by atoms with Crippen LogP contribution in [0.5, 0.6) is 0 Å². The topological polar surface area (TPSA) is 37.4 Å². The number of nitrogens with zero attached hydrogens (tertiary/aromatic N) is 1. The van der Waals surface area contributed by atoms with Crippen LogP contribution in [0.15, 0.2) is 42.5 Å². The minimum atomic E-state index is -0.398. The molecule has 0 N–H and O–H groups in total. The van der Waals surface area contributed by atoms with Gasteiger partial charge in [0.1, 0.15) is 6.29 Å². The Morgan fingerprint density at radius 3 is 2.56 bits per heavy atom. The molecule has 0 bridgehead atoms. The first-order valence-corrected chi connectivity index (χ1v) is 6.05. The lowest BCUT2D eigenvalue weighted by Crippen LogP contribution is -2.39. The highest BCUT2D eigenvalue weighted by Gasteiger charge is 2.18. The molecule has 96 valence electrons. The number of benzene rings is 1. The number of rotatable bonds is 6. The monoisotopic (exact) mass is 245 g/mol. The Morgan fingerprint density at radius 2 is 2.00 bits per heavy atom. The highest BCUT2D eigenvalue weighted by molar-refractivity contribution is 5.80. The van der Waals surface area contributed by atoms with E-state index in [0.29, 0.717) is 12.8 Å². The lowest BCUT2D eigenvalue weighted by atomic mass is 10.1. The zero-order chi connectivity index (χ0) is 13.4. The smallest absolute Gasteiger partial charge is 0.226 e. The van der Waals surface area contributed by atoms with Crippen molar-refractivity contribution in [3.05, 3.63) is 48.0 Å². The van der Waals surface area contributed by atoms with Crippen molar-refractivity contribution in [2.75, 3.05) is 7.05 Å². The van der Waals surface area contributed by atoms with Gasteiger partial charge in [-0.3, -0.25) is 4.79 Å². The average molecular weight is 245 g/mol. The van der Waals surface area contributed by atoms with Crippen LogP contribution < -0.4 is 0 Å². The first-order valence-electron chi connectivity index (χ1n) is 6.05. The lowest BCUT2D eigenvalue weighted by molar-refractivity contribution is -0.133. The molecule has 0 heterocycles. The van der Waals surface area contributed by atoms with Crippen molar-refractivity contribution in [3.8, 4) is 0 Å². The van der Waals surface area contributed by atoms with Gasteiger partial charge in [-0.25, -0.2) is 0 Å². The molecule has 0 fully saturated rings. The molecule has 1 aromatic carbocycles. The molecular formula is C15H19NO2. The van der Waals surface area contributed by atoms with Gasteiger partial charge in [0.15, 0.2) is 0 Å². The van der Waals surface area contributed by atoms with Crippen LogP contribution in [0.3, 0.4) is 0 Å². The molecular weight excluding hydrogens is 226 g/mol. The normalized spacial score (nSPS) is 12.3. The van der Waals surface area contributed by atoms with Gasteiger partial charge in [0.25, 0.3) is 0 Å². The van der Waals surface area contributed by atoms with Crippen LogP contribution in [0.1, 0.15) is 18.9 Å². The van der Waals surface area contributed by atoms with Gasteiger partial charge in [-0.15, -0.1) is 0 Å². The Balaban J connectivity index is 2.65. The van der Waals surface area contributed by atoms with Gasteiger partial charge in [0.05, 0.1) is 6.04 Å². The second kappa shape index (κ2) is 7.43. The van der Waals surface area contributed by atoms with Crippen molar-refractivity contribution in [1.29, 1.82) is 0 Å². The maximum Gasteiger partial charge on any atom is 0.226 e. The van der Waals surface area contributed by atoms with Crippen molar-refractivity contribution >= 4 is 12.2 Å². The van der Waals surface area contributed by atoms with Crippen molar-refractivity contribution in [1.82, 2.24) is 4.90 Å². The van der Waals surface area contributed by atoms with E-state index in [0.717, 1.165) is 11.8 Å².